The SMILES string of the molecule is O=C(NC1CCCC1)[C@@H]1CN(Cc2ccsc2)C[C@H]2OCC[C@H]21. The van der Waals surface area contributed by atoms with Crippen molar-refractivity contribution >= 4 is 17.2 Å². The highest BCUT2D eigenvalue weighted by Crippen LogP contribution is 2.35. The number of hydrogen-bond acceptors (Lipinski definition) is 4. The summed E-state index contributed by atoms with van der Waals surface area (Å²) >= 11 is 1.74. The van der Waals surface area contributed by atoms with Crippen LogP contribution in [0.3, 0.4) is 0 Å². The van der Waals surface area contributed by atoms with Gasteiger partial charge >= 0.3 is 0 Å². The molecule has 0 radical (unpaired) electrons. The number of hydrogen-bond donors (Lipinski definition) is 1. The molecule has 0 spiro atoms. The second-order valence-corrected chi connectivity index (χ2v) is 8.06. The number of rotatable bonds is 4. The van der Waals surface area contributed by atoms with E-state index in [1.165, 1.54) is 18.4 Å². The number of thiophene rings is 1. The van der Waals surface area contributed by atoms with Crippen molar-refractivity contribution in [2.45, 2.75) is 50.8 Å². The van der Waals surface area contributed by atoms with E-state index in [0.717, 1.165) is 45.5 Å². The molecule has 126 valence electrons. The third kappa shape index (κ3) is 3.47. The van der Waals surface area contributed by atoms with E-state index in [0.29, 0.717) is 12.0 Å². The number of carbonyl (C=O) groups is 1. The molecular weight excluding hydrogens is 308 g/mol. The van der Waals surface area contributed by atoms with Gasteiger partial charge in [-0.05, 0) is 41.7 Å². The van der Waals surface area contributed by atoms with E-state index in [-0.39, 0.29) is 17.9 Å². The smallest absolute Gasteiger partial charge is 0.225 e. The molecule has 1 aromatic rings. The maximum atomic E-state index is 12.9. The first-order valence-electron chi connectivity index (χ1n) is 8.95. The Morgan fingerprint density at radius 1 is 1.30 bits per heavy atom. The zero-order valence-corrected chi connectivity index (χ0v) is 14.4. The summed E-state index contributed by atoms with van der Waals surface area (Å²) in [6.07, 6.45) is 6.11. The Bertz CT molecular complexity index is 527. The van der Waals surface area contributed by atoms with E-state index in [1.807, 2.05) is 0 Å². The minimum Gasteiger partial charge on any atom is -0.377 e. The molecule has 3 heterocycles. The van der Waals surface area contributed by atoms with Gasteiger partial charge in [0, 0.05) is 38.2 Å². The van der Waals surface area contributed by atoms with Crippen LogP contribution in [0.2, 0.25) is 0 Å². The lowest BCUT2D eigenvalue weighted by molar-refractivity contribution is -0.132. The summed E-state index contributed by atoms with van der Waals surface area (Å²) in [7, 11) is 0. The molecule has 1 N–H and O–H groups in total. The van der Waals surface area contributed by atoms with Crippen molar-refractivity contribution in [2.75, 3.05) is 19.7 Å². The van der Waals surface area contributed by atoms with Crippen LogP contribution in [0.25, 0.3) is 0 Å². The molecule has 0 unspecified atom stereocenters. The van der Waals surface area contributed by atoms with Gasteiger partial charge in [-0.3, -0.25) is 9.69 Å². The fraction of sp³-hybridized carbons (Fsp3) is 0.722. The molecule has 0 aromatic carbocycles. The van der Waals surface area contributed by atoms with Gasteiger partial charge in [-0.15, -0.1) is 0 Å². The Hall–Kier alpha value is -0.910. The number of ether oxygens (including phenoxy) is 1. The van der Waals surface area contributed by atoms with Gasteiger partial charge in [0.15, 0.2) is 0 Å². The fourth-order valence-corrected chi connectivity index (χ4v) is 5.14. The molecule has 1 amide bonds. The van der Waals surface area contributed by atoms with E-state index < -0.39 is 0 Å². The molecule has 3 aliphatic rings. The summed E-state index contributed by atoms with van der Waals surface area (Å²) in [5.74, 6) is 0.776. The van der Waals surface area contributed by atoms with Gasteiger partial charge in [0.05, 0.1) is 12.0 Å². The van der Waals surface area contributed by atoms with Crippen molar-refractivity contribution in [3.8, 4) is 0 Å². The van der Waals surface area contributed by atoms with Crippen molar-refractivity contribution in [2.24, 2.45) is 11.8 Å². The zero-order valence-electron chi connectivity index (χ0n) is 13.6. The predicted molar refractivity (Wildman–Crippen MR) is 91.3 cm³/mol. The minimum atomic E-state index is 0.0930. The van der Waals surface area contributed by atoms with Crippen molar-refractivity contribution in [3.63, 3.8) is 0 Å². The first-order valence-corrected chi connectivity index (χ1v) is 9.89. The van der Waals surface area contributed by atoms with E-state index in [4.69, 9.17) is 4.74 Å². The standard InChI is InChI=1S/C18H26N2O2S/c21-18(19-14-3-1-2-4-14)16-10-20(9-13-6-8-23-12-13)11-17-15(16)5-7-22-17/h6,8,12,14-17H,1-5,7,9-11H2,(H,19,21)/t15-,16+,17+/m0/s1. The number of nitrogens with zero attached hydrogens (tertiary/aromatic N) is 1. The van der Waals surface area contributed by atoms with Crippen LogP contribution in [0, 0.1) is 11.8 Å². The van der Waals surface area contributed by atoms with Gasteiger partial charge in [-0.1, -0.05) is 12.8 Å². The fourth-order valence-electron chi connectivity index (χ4n) is 4.48. The van der Waals surface area contributed by atoms with Crippen molar-refractivity contribution in [1.29, 1.82) is 0 Å². The summed E-state index contributed by atoms with van der Waals surface area (Å²) < 4.78 is 5.94. The quantitative estimate of drug-likeness (QED) is 0.920. The normalized spacial score (nSPS) is 32.1. The molecule has 1 aliphatic carbocycles. The van der Waals surface area contributed by atoms with E-state index in [9.17, 15) is 4.79 Å². The van der Waals surface area contributed by atoms with Gasteiger partial charge in [0.25, 0.3) is 0 Å². The topological polar surface area (TPSA) is 41.6 Å². The molecule has 3 fully saturated rings. The molecule has 2 saturated heterocycles. The van der Waals surface area contributed by atoms with Gasteiger partial charge in [-0.2, -0.15) is 11.3 Å². The van der Waals surface area contributed by atoms with Gasteiger partial charge in [0.2, 0.25) is 5.91 Å². The lowest BCUT2D eigenvalue weighted by atomic mass is 9.82. The summed E-state index contributed by atoms with van der Waals surface area (Å²) in [6.45, 7) is 3.59. The van der Waals surface area contributed by atoms with Crippen LogP contribution < -0.4 is 5.32 Å². The Morgan fingerprint density at radius 3 is 2.96 bits per heavy atom. The van der Waals surface area contributed by atoms with E-state index in [1.54, 1.807) is 11.3 Å². The molecular formula is C18H26N2O2S. The second-order valence-electron chi connectivity index (χ2n) is 7.28. The van der Waals surface area contributed by atoms with Crippen molar-refractivity contribution < 1.29 is 9.53 Å². The molecule has 0 bridgehead atoms. The average molecular weight is 334 g/mol. The lowest BCUT2D eigenvalue weighted by Crippen LogP contribution is -2.53. The van der Waals surface area contributed by atoms with Crippen LogP contribution in [-0.2, 0) is 16.1 Å². The molecule has 1 aromatic heterocycles. The molecule has 5 heteroatoms. The molecule has 2 aliphatic heterocycles. The largest absolute Gasteiger partial charge is 0.377 e. The minimum absolute atomic E-state index is 0.0930. The molecule has 23 heavy (non-hydrogen) atoms. The number of fused-ring (bicyclic) bond motifs is 1. The third-order valence-corrected chi connectivity index (χ3v) is 6.43. The Kier molecular flexibility index (Phi) is 4.69. The highest BCUT2D eigenvalue weighted by Gasteiger charge is 2.44. The molecule has 4 rings (SSSR count). The summed E-state index contributed by atoms with van der Waals surface area (Å²) in [4.78, 5) is 15.3. The Morgan fingerprint density at radius 2 is 2.17 bits per heavy atom. The maximum Gasteiger partial charge on any atom is 0.225 e. The van der Waals surface area contributed by atoms with Gasteiger partial charge in [-0.25, -0.2) is 0 Å². The van der Waals surface area contributed by atoms with Crippen LogP contribution in [0.4, 0.5) is 0 Å². The van der Waals surface area contributed by atoms with Crippen molar-refractivity contribution in [1.82, 2.24) is 10.2 Å². The number of carbonyl (C=O) groups excluding carboxylic acids is 1. The molecule has 1 saturated carbocycles. The molecule has 3 atom stereocenters. The number of piperidine rings is 1. The first-order chi connectivity index (χ1) is 11.3. The number of nitrogens with one attached hydrogen (secondary N) is 1. The van der Waals surface area contributed by atoms with Gasteiger partial charge < -0.3 is 10.1 Å². The maximum absolute atomic E-state index is 12.9. The highest BCUT2D eigenvalue weighted by atomic mass is 32.1. The molecule has 4 nitrogen and oxygen atoms in total. The van der Waals surface area contributed by atoms with Crippen LogP contribution in [0.5, 0.6) is 0 Å². The number of amides is 1. The predicted octanol–water partition coefficient (Wildman–Crippen LogP) is 2.64. The van der Waals surface area contributed by atoms with E-state index in [2.05, 4.69) is 27.0 Å². The zero-order chi connectivity index (χ0) is 15.6. The second kappa shape index (κ2) is 6.91. The summed E-state index contributed by atoms with van der Waals surface area (Å²) in [5, 5.41) is 7.65. The average Bonchev–Trinajstić information content (AvgIpc) is 3.28. The third-order valence-electron chi connectivity index (χ3n) is 5.70. The lowest BCUT2D eigenvalue weighted by Gasteiger charge is -2.39. The van der Waals surface area contributed by atoms with E-state index >= 15 is 0 Å². The first kappa shape index (κ1) is 15.6. The van der Waals surface area contributed by atoms with Crippen LogP contribution >= 0.6 is 11.3 Å². The number of likely N-dealkylation sites (tertiary alicyclic amines) is 1. The van der Waals surface area contributed by atoms with Crippen molar-refractivity contribution in [3.05, 3.63) is 22.4 Å². The van der Waals surface area contributed by atoms with Crippen LogP contribution in [-0.4, -0.2) is 42.6 Å². The van der Waals surface area contributed by atoms with Crippen LogP contribution in [0.1, 0.15) is 37.7 Å². The van der Waals surface area contributed by atoms with Crippen LogP contribution in [0.15, 0.2) is 16.8 Å². The highest BCUT2D eigenvalue weighted by molar-refractivity contribution is 7.07. The van der Waals surface area contributed by atoms with Gasteiger partial charge in [0.1, 0.15) is 0 Å². The Labute approximate surface area is 142 Å². The summed E-state index contributed by atoms with van der Waals surface area (Å²) in [6, 6.07) is 2.59. The summed E-state index contributed by atoms with van der Waals surface area (Å²) in [5.41, 5.74) is 1.35. The Balaban J connectivity index is 1.43. The monoisotopic (exact) mass is 334 g/mol.